The summed E-state index contributed by atoms with van der Waals surface area (Å²) < 4.78 is 28.9. The number of benzene rings is 3. The predicted molar refractivity (Wildman–Crippen MR) is 156 cm³/mol. The molecule has 7 nitrogen and oxygen atoms in total. The van der Waals surface area contributed by atoms with Gasteiger partial charge in [0, 0.05) is 17.1 Å². The first-order chi connectivity index (χ1) is 18.2. The van der Waals surface area contributed by atoms with Crippen molar-refractivity contribution in [1.82, 2.24) is 10.2 Å². The van der Waals surface area contributed by atoms with Crippen molar-refractivity contribution in [3.05, 3.63) is 94.5 Å². The van der Waals surface area contributed by atoms with E-state index in [1.165, 1.54) is 17.0 Å². The molecule has 0 aliphatic rings. The molecule has 0 spiro atoms. The van der Waals surface area contributed by atoms with Crippen LogP contribution in [0.25, 0.3) is 0 Å². The topological polar surface area (TPSA) is 86.8 Å². The summed E-state index contributed by atoms with van der Waals surface area (Å²) in [7, 11) is -4.12. The molecule has 0 aliphatic heterocycles. The van der Waals surface area contributed by atoms with Crippen LogP contribution in [0.3, 0.4) is 0 Å². The minimum Gasteiger partial charge on any atom is -0.350 e. The van der Waals surface area contributed by atoms with Crippen LogP contribution in [0.15, 0.2) is 77.7 Å². The van der Waals surface area contributed by atoms with E-state index < -0.39 is 34.1 Å². The van der Waals surface area contributed by atoms with Gasteiger partial charge in [-0.15, -0.1) is 0 Å². The summed E-state index contributed by atoms with van der Waals surface area (Å²) in [5, 5.41) is 3.36. The van der Waals surface area contributed by atoms with Crippen molar-refractivity contribution < 1.29 is 18.0 Å². The van der Waals surface area contributed by atoms with Crippen LogP contribution >= 0.6 is 11.6 Å². The molecule has 39 heavy (non-hydrogen) atoms. The molecule has 0 aliphatic carbocycles. The van der Waals surface area contributed by atoms with Crippen LogP contribution in [-0.4, -0.2) is 43.3 Å². The van der Waals surface area contributed by atoms with Crippen molar-refractivity contribution in [2.75, 3.05) is 10.8 Å². The summed E-state index contributed by atoms with van der Waals surface area (Å²) in [5.74, 6) is -0.892. The third kappa shape index (κ3) is 7.61. The number of hydrogen-bond donors (Lipinski definition) is 1. The van der Waals surface area contributed by atoms with Crippen LogP contribution in [0.2, 0.25) is 5.02 Å². The van der Waals surface area contributed by atoms with Crippen molar-refractivity contribution in [3.8, 4) is 0 Å². The molecular formula is C30H36ClN3O4S. The van der Waals surface area contributed by atoms with Crippen molar-refractivity contribution >= 4 is 39.1 Å². The SMILES string of the molecule is Cc1ccc(S(=O)(=O)N(CC(=O)N(Cc2ccccc2Cl)[C@H](C)C(=O)NC(C)(C)C)c2ccccc2C)cc1. The first-order valence-electron chi connectivity index (χ1n) is 12.7. The number of aryl methyl sites for hydroxylation is 2. The van der Waals surface area contributed by atoms with Crippen molar-refractivity contribution in [1.29, 1.82) is 0 Å². The van der Waals surface area contributed by atoms with E-state index in [1.807, 2.05) is 27.7 Å². The zero-order valence-corrected chi connectivity index (χ0v) is 24.8. The monoisotopic (exact) mass is 569 g/mol. The summed E-state index contributed by atoms with van der Waals surface area (Å²) in [4.78, 5) is 28.6. The van der Waals surface area contributed by atoms with Crippen LogP contribution in [-0.2, 0) is 26.2 Å². The Hall–Kier alpha value is -3.36. The Balaban J connectivity index is 2.06. The Labute approximate surface area is 236 Å². The molecule has 0 aromatic heterocycles. The van der Waals surface area contributed by atoms with E-state index in [-0.39, 0.29) is 17.3 Å². The van der Waals surface area contributed by atoms with E-state index in [9.17, 15) is 18.0 Å². The Kier molecular flexibility index (Phi) is 9.46. The lowest BCUT2D eigenvalue weighted by Crippen LogP contribution is -2.54. The Morgan fingerprint density at radius 2 is 1.51 bits per heavy atom. The molecule has 2 amide bonds. The van der Waals surface area contributed by atoms with Crippen molar-refractivity contribution in [2.24, 2.45) is 0 Å². The second-order valence-electron chi connectivity index (χ2n) is 10.6. The van der Waals surface area contributed by atoms with Gasteiger partial charge in [0.1, 0.15) is 12.6 Å². The number of nitrogens with one attached hydrogen (secondary N) is 1. The third-order valence-corrected chi connectivity index (χ3v) is 8.38. The highest BCUT2D eigenvalue weighted by Crippen LogP contribution is 2.28. The van der Waals surface area contributed by atoms with Gasteiger partial charge in [-0.05, 0) is 76.9 Å². The fourth-order valence-electron chi connectivity index (χ4n) is 4.06. The van der Waals surface area contributed by atoms with Crippen LogP contribution < -0.4 is 9.62 Å². The number of nitrogens with zero attached hydrogens (tertiary/aromatic N) is 2. The molecule has 3 aromatic carbocycles. The van der Waals surface area contributed by atoms with Gasteiger partial charge in [-0.2, -0.15) is 0 Å². The zero-order chi connectivity index (χ0) is 29.0. The molecule has 0 saturated carbocycles. The molecule has 1 atom stereocenters. The first kappa shape index (κ1) is 30.2. The molecule has 3 aromatic rings. The van der Waals surface area contributed by atoms with E-state index in [1.54, 1.807) is 74.5 Å². The Morgan fingerprint density at radius 1 is 0.923 bits per heavy atom. The third-order valence-electron chi connectivity index (χ3n) is 6.24. The number of amides is 2. The normalized spacial score (nSPS) is 12.5. The first-order valence-corrected chi connectivity index (χ1v) is 14.5. The highest BCUT2D eigenvalue weighted by atomic mass is 35.5. The van der Waals surface area contributed by atoms with Gasteiger partial charge in [0.05, 0.1) is 10.6 Å². The van der Waals surface area contributed by atoms with Crippen LogP contribution in [0, 0.1) is 13.8 Å². The van der Waals surface area contributed by atoms with Gasteiger partial charge in [0.15, 0.2) is 0 Å². The minimum absolute atomic E-state index is 0.0312. The van der Waals surface area contributed by atoms with Gasteiger partial charge in [-0.3, -0.25) is 13.9 Å². The fourth-order valence-corrected chi connectivity index (χ4v) is 5.74. The average Bonchev–Trinajstić information content (AvgIpc) is 2.86. The smallest absolute Gasteiger partial charge is 0.264 e. The average molecular weight is 570 g/mol. The van der Waals surface area contributed by atoms with Gasteiger partial charge in [0.25, 0.3) is 10.0 Å². The van der Waals surface area contributed by atoms with Gasteiger partial charge in [0.2, 0.25) is 11.8 Å². The number of carbonyl (C=O) groups excluding carboxylic acids is 2. The summed E-state index contributed by atoms with van der Waals surface area (Å²) in [5.41, 5.74) is 2.11. The molecule has 208 valence electrons. The fraction of sp³-hybridized carbons (Fsp3) is 0.333. The van der Waals surface area contributed by atoms with Crippen molar-refractivity contribution in [2.45, 2.75) is 64.6 Å². The van der Waals surface area contributed by atoms with Gasteiger partial charge in [-0.25, -0.2) is 8.42 Å². The molecular weight excluding hydrogens is 534 g/mol. The second kappa shape index (κ2) is 12.2. The molecule has 3 rings (SSSR count). The highest BCUT2D eigenvalue weighted by Gasteiger charge is 2.34. The molecule has 9 heteroatoms. The van der Waals surface area contributed by atoms with E-state index in [0.717, 1.165) is 9.87 Å². The van der Waals surface area contributed by atoms with E-state index >= 15 is 0 Å². The molecule has 0 bridgehead atoms. The number of rotatable bonds is 9. The lowest BCUT2D eigenvalue weighted by Gasteiger charge is -2.34. The van der Waals surface area contributed by atoms with E-state index in [2.05, 4.69) is 5.32 Å². The second-order valence-corrected chi connectivity index (χ2v) is 12.9. The van der Waals surface area contributed by atoms with Crippen LogP contribution in [0.5, 0.6) is 0 Å². The number of hydrogen-bond acceptors (Lipinski definition) is 4. The number of para-hydroxylation sites is 1. The number of anilines is 1. The predicted octanol–water partition coefficient (Wildman–Crippen LogP) is 5.48. The Bertz CT molecular complexity index is 1430. The number of halogens is 1. The highest BCUT2D eigenvalue weighted by molar-refractivity contribution is 7.92. The van der Waals surface area contributed by atoms with E-state index in [4.69, 9.17) is 11.6 Å². The Morgan fingerprint density at radius 3 is 2.10 bits per heavy atom. The molecule has 1 N–H and O–H groups in total. The lowest BCUT2D eigenvalue weighted by molar-refractivity contribution is -0.140. The van der Waals surface area contributed by atoms with Gasteiger partial charge < -0.3 is 10.2 Å². The standard InChI is InChI=1S/C30H36ClN3O4S/c1-21-15-17-25(18-16-21)39(37,38)34(27-14-10-7-11-22(27)2)20-28(35)33(19-24-12-8-9-13-26(24)31)23(3)29(36)32-30(4,5)6/h7-18,23H,19-20H2,1-6H3,(H,32,36)/t23-/m1/s1. The summed E-state index contributed by atoms with van der Waals surface area (Å²) >= 11 is 6.41. The number of carbonyl (C=O) groups is 2. The van der Waals surface area contributed by atoms with Crippen LogP contribution in [0.4, 0.5) is 5.69 Å². The maximum Gasteiger partial charge on any atom is 0.264 e. The minimum atomic E-state index is -4.12. The lowest BCUT2D eigenvalue weighted by atomic mass is 10.1. The zero-order valence-electron chi connectivity index (χ0n) is 23.2. The molecule has 0 radical (unpaired) electrons. The molecule has 0 fully saturated rings. The summed E-state index contributed by atoms with van der Waals surface area (Å²) in [6, 6.07) is 19.6. The van der Waals surface area contributed by atoms with Crippen LogP contribution in [0.1, 0.15) is 44.4 Å². The van der Waals surface area contributed by atoms with Gasteiger partial charge in [-0.1, -0.05) is 65.7 Å². The van der Waals surface area contributed by atoms with E-state index in [0.29, 0.717) is 21.8 Å². The summed E-state index contributed by atoms with van der Waals surface area (Å²) in [6.07, 6.45) is 0. The molecule has 0 unspecified atom stereocenters. The largest absolute Gasteiger partial charge is 0.350 e. The van der Waals surface area contributed by atoms with Crippen molar-refractivity contribution in [3.63, 3.8) is 0 Å². The molecule has 0 heterocycles. The van der Waals surface area contributed by atoms with Gasteiger partial charge >= 0.3 is 0 Å². The summed E-state index contributed by atoms with van der Waals surface area (Å²) in [6.45, 7) is 10.4. The maximum absolute atomic E-state index is 14.0. The molecule has 0 saturated heterocycles. The maximum atomic E-state index is 14.0. The number of sulfonamides is 1. The quantitative estimate of drug-likeness (QED) is 0.369.